The van der Waals surface area contributed by atoms with E-state index in [0.29, 0.717) is 24.5 Å². The van der Waals surface area contributed by atoms with E-state index in [2.05, 4.69) is 32.9 Å². The van der Waals surface area contributed by atoms with Crippen LogP contribution < -0.4 is 9.47 Å². The predicted molar refractivity (Wildman–Crippen MR) is 126 cm³/mol. The highest BCUT2D eigenvalue weighted by atomic mass is 16.5. The normalized spacial score (nSPS) is 14.9. The number of hydrogen-bond acceptors (Lipinski definition) is 5. The van der Waals surface area contributed by atoms with Crippen molar-refractivity contribution in [2.75, 3.05) is 52.5 Å². The lowest BCUT2D eigenvalue weighted by molar-refractivity contribution is 0.153. The fraction of sp³-hybridized carbons (Fsp3) is 0.308. The third-order valence-corrected chi connectivity index (χ3v) is 5.17. The van der Waals surface area contributed by atoms with E-state index in [0.717, 1.165) is 50.8 Å². The van der Waals surface area contributed by atoms with Crippen LogP contribution in [0.4, 0.5) is 5.69 Å². The lowest BCUT2D eigenvalue weighted by Gasteiger charge is -2.33. The summed E-state index contributed by atoms with van der Waals surface area (Å²) in [6.45, 7) is 14.1. The molecule has 1 saturated heterocycles. The summed E-state index contributed by atoms with van der Waals surface area (Å²) in [6, 6.07) is 16.5. The zero-order valence-electron chi connectivity index (χ0n) is 18.2. The molecule has 2 aromatic rings. The zero-order valence-corrected chi connectivity index (χ0v) is 18.2. The van der Waals surface area contributed by atoms with Gasteiger partial charge in [0.1, 0.15) is 24.7 Å². The highest BCUT2D eigenvalue weighted by Gasteiger charge is 2.14. The predicted octanol–water partition coefficient (Wildman–Crippen LogP) is 4.30. The van der Waals surface area contributed by atoms with Crippen LogP contribution in [-0.4, -0.2) is 62.3 Å². The fourth-order valence-electron chi connectivity index (χ4n) is 3.27. The van der Waals surface area contributed by atoms with Crippen molar-refractivity contribution in [2.24, 2.45) is 0 Å². The Morgan fingerprint density at radius 2 is 1.25 bits per heavy atom. The van der Waals surface area contributed by atoms with Gasteiger partial charge < -0.3 is 9.47 Å². The van der Waals surface area contributed by atoms with Gasteiger partial charge in [0, 0.05) is 39.3 Å². The Morgan fingerprint density at radius 3 is 1.69 bits per heavy atom. The molecule has 0 amide bonds. The molecule has 0 aliphatic carbocycles. The van der Waals surface area contributed by atoms with E-state index in [-0.39, 0.29) is 0 Å². The Kier molecular flexibility index (Phi) is 9.36. The summed E-state index contributed by atoms with van der Waals surface area (Å²) in [5.74, 6) is 1.56. The van der Waals surface area contributed by atoms with E-state index in [1.807, 2.05) is 36.4 Å². The molecule has 0 saturated carbocycles. The molecule has 6 heteroatoms. The molecule has 0 N–H and O–H groups in total. The summed E-state index contributed by atoms with van der Waals surface area (Å²) in [5.41, 5.74) is 1.26. The van der Waals surface area contributed by atoms with Crippen LogP contribution in [0, 0.1) is 17.9 Å². The van der Waals surface area contributed by atoms with Crippen LogP contribution in [-0.2, 0) is 0 Å². The van der Waals surface area contributed by atoms with Crippen LogP contribution in [0.3, 0.4) is 0 Å². The summed E-state index contributed by atoms with van der Waals surface area (Å²) >= 11 is 0. The van der Waals surface area contributed by atoms with Gasteiger partial charge in [0.05, 0.1) is 18.2 Å². The number of piperazine rings is 1. The number of ether oxygens (including phenoxy) is 2. The van der Waals surface area contributed by atoms with E-state index < -0.39 is 0 Å². The molecule has 0 aromatic heterocycles. The summed E-state index contributed by atoms with van der Waals surface area (Å²) in [5, 5.41) is 8.81. The summed E-state index contributed by atoms with van der Waals surface area (Å²) in [7, 11) is 0. The van der Waals surface area contributed by atoms with Crippen molar-refractivity contribution >= 4 is 5.69 Å². The van der Waals surface area contributed by atoms with E-state index in [9.17, 15) is 0 Å². The van der Waals surface area contributed by atoms with Crippen molar-refractivity contribution in [3.8, 4) is 17.6 Å². The number of benzene rings is 2. The number of hydrogen-bond donors (Lipinski definition) is 0. The maximum atomic E-state index is 8.81. The van der Waals surface area contributed by atoms with Crippen LogP contribution >= 0.6 is 0 Å². The first kappa shape index (κ1) is 23.1. The number of rotatable bonds is 10. The monoisotopic (exact) mass is 428 g/mol. The third kappa shape index (κ3) is 7.92. The van der Waals surface area contributed by atoms with Crippen molar-refractivity contribution in [3.63, 3.8) is 0 Å². The SMILES string of the molecule is [C-]#[N+]c1ccc(OCC=CCN2CCN(CC=CCOc3ccc(C#N)cc3)CC2)cc1. The molecule has 2 aromatic carbocycles. The van der Waals surface area contributed by atoms with Gasteiger partial charge in [-0.1, -0.05) is 36.4 Å². The lowest BCUT2D eigenvalue weighted by atomic mass is 10.2. The second kappa shape index (κ2) is 13.0. The average molecular weight is 429 g/mol. The first-order chi connectivity index (χ1) is 15.8. The Bertz CT molecular complexity index is 879. The van der Waals surface area contributed by atoms with Crippen LogP contribution in [0.15, 0.2) is 72.8 Å². The zero-order chi connectivity index (χ0) is 22.4. The molecule has 0 atom stereocenters. The standard InChI is InChI=1S/C26H28N4O2/c1-28-24-8-12-26(13-9-24)32-21-5-3-15-30-18-16-29(17-19-30)14-2-4-20-31-25-10-6-23(22-27)7-11-25/h2-13H,14-21H2. The van der Waals surface area contributed by atoms with Crippen molar-refractivity contribution in [1.29, 1.82) is 5.26 Å². The van der Waals surface area contributed by atoms with Gasteiger partial charge >= 0.3 is 0 Å². The van der Waals surface area contributed by atoms with Crippen LogP contribution in [0.2, 0.25) is 0 Å². The number of nitriles is 1. The van der Waals surface area contributed by atoms with Crippen LogP contribution in [0.1, 0.15) is 5.56 Å². The molecular formula is C26H28N4O2. The molecule has 164 valence electrons. The molecule has 32 heavy (non-hydrogen) atoms. The molecular weight excluding hydrogens is 400 g/mol. The lowest BCUT2D eigenvalue weighted by Crippen LogP contribution is -2.46. The quantitative estimate of drug-likeness (QED) is 0.417. The van der Waals surface area contributed by atoms with Crippen molar-refractivity contribution in [3.05, 3.63) is 89.8 Å². The minimum Gasteiger partial charge on any atom is -0.490 e. The van der Waals surface area contributed by atoms with Gasteiger partial charge in [-0.25, -0.2) is 4.85 Å². The maximum Gasteiger partial charge on any atom is 0.187 e. The van der Waals surface area contributed by atoms with E-state index in [4.69, 9.17) is 21.3 Å². The van der Waals surface area contributed by atoms with Gasteiger partial charge in [-0.3, -0.25) is 9.80 Å². The Morgan fingerprint density at radius 1 is 0.781 bits per heavy atom. The second-order valence-electron chi connectivity index (χ2n) is 7.41. The van der Waals surface area contributed by atoms with Gasteiger partial charge in [-0.15, -0.1) is 0 Å². The molecule has 6 nitrogen and oxygen atoms in total. The summed E-state index contributed by atoms with van der Waals surface area (Å²) in [6.07, 6.45) is 8.40. The minimum absolute atomic E-state index is 0.530. The molecule has 1 aliphatic rings. The topological polar surface area (TPSA) is 53.1 Å². The van der Waals surface area contributed by atoms with E-state index >= 15 is 0 Å². The van der Waals surface area contributed by atoms with E-state index in [1.54, 1.807) is 24.3 Å². The molecule has 1 fully saturated rings. The molecule has 1 aliphatic heterocycles. The average Bonchev–Trinajstić information content (AvgIpc) is 2.85. The second-order valence-corrected chi connectivity index (χ2v) is 7.41. The van der Waals surface area contributed by atoms with Gasteiger partial charge in [0.15, 0.2) is 5.69 Å². The minimum atomic E-state index is 0.530. The molecule has 0 bridgehead atoms. The molecule has 1 heterocycles. The van der Waals surface area contributed by atoms with Crippen molar-refractivity contribution in [1.82, 2.24) is 9.80 Å². The fourth-order valence-corrected chi connectivity index (χ4v) is 3.27. The Hall–Kier alpha value is -3.58. The summed E-state index contributed by atoms with van der Waals surface area (Å²) < 4.78 is 11.3. The Labute approximate surface area is 190 Å². The Balaban J connectivity index is 1.24. The number of nitrogens with zero attached hydrogens (tertiary/aromatic N) is 4. The third-order valence-electron chi connectivity index (χ3n) is 5.17. The molecule has 0 spiro atoms. The first-order valence-electron chi connectivity index (χ1n) is 10.7. The van der Waals surface area contributed by atoms with Crippen molar-refractivity contribution in [2.45, 2.75) is 0 Å². The summed E-state index contributed by atoms with van der Waals surface area (Å²) in [4.78, 5) is 8.25. The smallest absolute Gasteiger partial charge is 0.187 e. The first-order valence-corrected chi connectivity index (χ1v) is 10.7. The molecule has 3 rings (SSSR count). The highest BCUT2D eigenvalue weighted by Crippen LogP contribution is 2.17. The molecule has 0 unspecified atom stereocenters. The van der Waals surface area contributed by atoms with Gasteiger partial charge in [0.2, 0.25) is 0 Å². The van der Waals surface area contributed by atoms with Gasteiger partial charge in [0.25, 0.3) is 0 Å². The largest absolute Gasteiger partial charge is 0.490 e. The van der Waals surface area contributed by atoms with E-state index in [1.165, 1.54) is 0 Å². The van der Waals surface area contributed by atoms with Gasteiger partial charge in [-0.2, -0.15) is 5.26 Å². The highest BCUT2D eigenvalue weighted by molar-refractivity contribution is 5.47. The van der Waals surface area contributed by atoms with Crippen LogP contribution in [0.5, 0.6) is 11.5 Å². The molecule has 0 radical (unpaired) electrons. The van der Waals surface area contributed by atoms with Crippen molar-refractivity contribution < 1.29 is 9.47 Å². The maximum absolute atomic E-state index is 8.81. The van der Waals surface area contributed by atoms with Crippen LogP contribution in [0.25, 0.3) is 4.85 Å². The van der Waals surface area contributed by atoms with Gasteiger partial charge in [-0.05, 0) is 36.4 Å².